The highest BCUT2D eigenvalue weighted by Gasteiger charge is 2.13. The number of unbranched alkanes of at least 4 members (excludes halogenated alkanes) is 1. The molecule has 0 bridgehead atoms. The van der Waals surface area contributed by atoms with E-state index in [9.17, 15) is 0 Å². The van der Waals surface area contributed by atoms with Crippen molar-refractivity contribution in [2.75, 3.05) is 29.5 Å². The molecule has 2 rings (SSSR count). The van der Waals surface area contributed by atoms with E-state index in [1.807, 2.05) is 48.5 Å². The predicted octanol–water partition coefficient (Wildman–Crippen LogP) is 2.73. The first-order valence-corrected chi connectivity index (χ1v) is 6.90. The molecule has 0 aliphatic heterocycles. The minimum Gasteiger partial charge on any atom is -0.397 e. The Balaban J connectivity index is 2.35. The van der Waals surface area contributed by atoms with Crippen LogP contribution in [-0.4, -0.2) is 13.1 Å². The third-order valence-corrected chi connectivity index (χ3v) is 3.29. The summed E-state index contributed by atoms with van der Waals surface area (Å²) in [4.78, 5) is 2.17. The van der Waals surface area contributed by atoms with E-state index in [4.69, 9.17) is 17.2 Å². The lowest BCUT2D eigenvalue weighted by Gasteiger charge is -2.27. The number of benzene rings is 2. The Hall–Kier alpha value is -2.20. The first-order chi connectivity index (χ1) is 9.74. The largest absolute Gasteiger partial charge is 0.397 e. The van der Waals surface area contributed by atoms with Gasteiger partial charge in [-0.2, -0.15) is 0 Å². The third-order valence-electron chi connectivity index (χ3n) is 3.29. The molecule has 0 fully saturated rings. The molecule has 2 aromatic carbocycles. The Morgan fingerprint density at radius 3 is 1.70 bits per heavy atom. The summed E-state index contributed by atoms with van der Waals surface area (Å²) in [5, 5.41) is 0. The zero-order chi connectivity index (χ0) is 14.4. The Bertz CT molecular complexity index is 508. The molecule has 0 unspecified atom stereocenters. The number of rotatable bonds is 6. The molecule has 0 aliphatic carbocycles. The van der Waals surface area contributed by atoms with E-state index in [1.165, 1.54) is 0 Å². The normalized spacial score (nSPS) is 10.4. The minimum absolute atomic E-state index is 0.697. The summed E-state index contributed by atoms with van der Waals surface area (Å²) < 4.78 is 0. The number of para-hydroxylation sites is 4. The van der Waals surface area contributed by atoms with Gasteiger partial charge in [-0.3, -0.25) is 0 Å². The average Bonchev–Trinajstić information content (AvgIpc) is 2.46. The van der Waals surface area contributed by atoms with Crippen molar-refractivity contribution >= 4 is 22.7 Å². The molecule has 0 aromatic heterocycles. The van der Waals surface area contributed by atoms with Crippen LogP contribution in [0.3, 0.4) is 0 Å². The van der Waals surface area contributed by atoms with E-state index in [0.29, 0.717) is 6.54 Å². The van der Waals surface area contributed by atoms with E-state index < -0.39 is 0 Å². The summed E-state index contributed by atoms with van der Waals surface area (Å²) in [6.45, 7) is 1.54. The second kappa shape index (κ2) is 6.82. The number of anilines is 4. The summed E-state index contributed by atoms with van der Waals surface area (Å²) in [5.41, 5.74) is 21.3. The lowest BCUT2D eigenvalue weighted by Crippen LogP contribution is -2.21. The van der Waals surface area contributed by atoms with Gasteiger partial charge in [0.05, 0.1) is 22.7 Å². The SMILES string of the molecule is NCCCCN(c1ccccc1N)c1ccccc1N. The third kappa shape index (κ3) is 3.22. The van der Waals surface area contributed by atoms with E-state index in [2.05, 4.69) is 4.90 Å². The highest BCUT2D eigenvalue weighted by molar-refractivity contribution is 5.80. The standard InChI is InChI=1S/C16H22N4/c17-11-5-6-12-20(15-9-3-1-7-13(15)18)16-10-4-2-8-14(16)19/h1-4,7-10H,5-6,11-12,17-19H2. The van der Waals surface area contributed by atoms with Gasteiger partial charge in [-0.25, -0.2) is 0 Å². The van der Waals surface area contributed by atoms with Crippen molar-refractivity contribution in [3.05, 3.63) is 48.5 Å². The van der Waals surface area contributed by atoms with Crippen molar-refractivity contribution in [3.63, 3.8) is 0 Å². The van der Waals surface area contributed by atoms with E-state index in [-0.39, 0.29) is 0 Å². The quantitative estimate of drug-likeness (QED) is 0.557. The van der Waals surface area contributed by atoms with Crippen LogP contribution in [0.1, 0.15) is 12.8 Å². The van der Waals surface area contributed by atoms with E-state index >= 15 is 0 Å². The van der Waals surface area contributed by atoms with Gasteiger partial charge in [0.2, 0.25) is 0 Å². The van der Waals surface area contributed by atoms with Gasteiger partial charge in [0.25, 0.3) is 0 Å². The van der Waals surface area contributed by atoms with Gasteiger partial charge in [-0.1, -0.05) is 24.3 Å². The Kier molecular flexibility index (Phi) is 4.85. The molecule has 0 saturated carbocycles. The molecule has 6 N–H and O–H groups in total. The number of nitrogen functional groups attached to an aromatic ring is 2. The monoisotopic (exact) mass is 270 g/mol. The topological polar surface area (TPSA) is 81.3 Å². The maximum absolute atomic E-state index is 6.11. The van der Waals surface area contributed by atoms with Crippen molar-refractivity contribution in [1.29, 1.82) is 0 Å². The van der Waals surface area contributed by atoms with Crippen LogP contribution in [0, 0.1) is 0 Å². The molecule has 0 aliphatic rings. The smallest absolute Gasteiger partial charge is 0.0644 e. The van der Waals surface area contributed by atoms with Crippen LogP contribution in [-0.2, 0) is 0 Å². The first kappa shape index (κ1) is 14.2. The lowest BCUT2D eigenvalue weighted by atomic mass is 10.1. The van der Waals surface area contributed by atoms with Crippen LogP contribution in [0.25, 0.3) is 0 Å². The Morgan fingerprint density at radius 2 is 1.25 bits per heavy atom. The summed E-state index contributed by atoms with van der Waals surface area (Å²) in [5.74, 6) is 0. The molecule has 0 saturated heterocycles. The van der Waals surface area contributed by atoms with Gasteiger partial charge < -0.3 is 22.1 Å². The molecule has 2 aromatic rings. The zero-order valence-corrected chi connectivity index (χ0v) is 11.6. The molecule has 4 heteroatoms. The second-order valence-corrected chi connectivity index (χ2v) is 4.77. The summed E-state index contributed by atoms with van der Waals surface area (Å²) >= 11 is 0. The molecule has 20 heavy (non-hydrogen) atoms. The highest BCUT2D eigenvalue weighted by atomic mass is 15.1. The van der Waals surface area contributed by atoms with Gasteiger partial charge in [0.1, 0.15) is 0 Å². The number of hydrogen-bond donors (Lipinski definition) is 3. The Morgan fingerprint density at radius 1 is 0.750 bits per heavy atom. The number of nitrogens with zero attached hydrogens (tertiary/aromatic N) is 1. The maximum Gasteiger partial charge on any atom is 0.0644 e. The fourth-order valence-corrected chi connectivity index (χ4v) is 2.25. The highest BCUT2D eigenvalue weighted by Crippen LogP contribution is 2.33. The van der Waals surface area contributed by atoms with Crippen LogP contribution in [0.5, 0.6) is 0 Å². The lowest BCUT2D eigenvalue weighted by molar-refractivity contribution is 0.742. The molecule has 106 valence electrons. The fraction of sp³-hybridized carbons (Fsp3) is 0.250. The number of hydrogen-bond acceptors (Lipinski definition) is 4. The van der Waals surface area contributed by atoms with Gasteiger partial charge in [-0.15, -0.1) is 0 Å². The van der Waals surface area contributed by atoms with Crippen molar-refractivity contribution in [2.24, 2.45) is 5.73 Å². The minimum atomic E-state index is 0.697. The number of nitrogens with two attached hydrogens (primary N) is 3. The van der Waals surface area contributed by atoms with Crippen molar-refractivity contribution in [2.45, 2.75) is 12.8 Å². The summed E-state index contributed by atoms with van der Waals surface area (Å²) in [7, 11) is 0. The van der Waals surface area contributed by atoms with Crippen molar-refractivity contribution in [3.8, 4) is 0 Å². The van der Waals surface area contributed by atoms with Crippen LogP contribution in [0.15, 0.2) is 48.5 Å². The van der Waals surface area contributed by atoms with Crippen molar-refractivity contribution < 1.29 is 0 Å². The molecular formula is C16H22N4. The van der Waals surface area contributed by atoms with Gasteiger partial charge in [-0.05, 0) is 43.7 Å². The predicted molar refractivity (Wildman–Crippen MR) is 87.0 cm³/mol. The average molecular weight is 270 g/mol. The zero-order valence-electron chi connectivity index (χ0n) is 11.6. The molecular weight excluding hydrogens is 248 g/mol. The van der Waals surface area contributed by atoms with Crippen LogP contribution >= 0.6 is 0 Å². The second-order valence-electron chi connectivity index (χ2n) is 4.77. The van der Waals surface area contributed by atoms with Crippen LogP contribution < -0.4 is 22.1 Å². The van der Waals surface area contributed by atoms with Crippen molar-refractivity contribution in [1.82, 2.24) is 0 Å². The maximum atomic E-state index is 6.11. The summed E-state index contributed by atoms with van der Waals surface area (Å²) in [6.07, 6.45) is 1.98. The van der Waals surface area contributed by atoms with Crippen LogP contribution in [0.4, 0.5) is 22.7 Å². The molecule has 0 atom stereocenters. The molecule has 0 spiro atoms. The van der Waals surface area contributed by atoms with E-state index in [1.54, 1.807) is 0 Å². The first-order valence-electron chi connectivity index (χ1n) is 6.90. The van der Waals surface area contributed by atoms with E-state index in [0.717, 1.165) is 42.1 Å². The molecule has 0 heterocycles. The van der Waals surface area contributed by atoms with Gasteiger partial charge >= 0.3 is 0 Å². The Labute approximate surface area is 120 Å². The molecule has 0 amide bonds. The molecule has 4 nitrogen and oxygen atoms in total. The van der Waals surface area contributed by atoms with Gasteiger partial charge in [0.15, 0.2) is 0 Å². The van der Waals surface area contributed by atoms with Crippen LogP contribution in [0.2, 0.25) is 0 Å². The fourth-order valence-electron chi connectivity index (χ4n) is 2.25. The molecule has 0 radical (unpaired) electrons. The van der Waals surface area contributed by atoms with Gasteiger partial charge in [0, 0.05) is 6.54 Å². The summed E-state index contributed by atoms with van der Waals surface area (Å²) in [6, 6.07) is 15.7.